The Hall–Kier alpha value is -2.66. The van der Waals surface area contributed by atoms with Gasteiger partial charge in [-0.2, -0.15) is 26.3 Å². The van der Waals surface area contributed by atoms with Crippen molar-refractivity contribution in [1.29, 1.82) is 0 Å². The van der Waals surface area contributed by atoms with E-state index in [1.165, 1.54) is 12.1 Å². The van der Waals surface area contributed by atoms with Crippen LogP contribution in [0.5, 0.6) is 0 Å². The van der Waals surface area contributed by atoms with Crippen LogP contribution >= 0.6 is 0 Å². The fourth-order valence-electron chi connectivity index (χ4n) is 5.43. The van der Waals surface area contributed by atoms with E-state index in [0.717, 1.165) is 0 Å². The Morgan fingerprint density at radius 3 is 2.11 bits per heavy atom. The van der Waals surface area contributed by atoms with Crippen LogP contribution < -0.4 is 5.32 Å². The van der Waals surface area contributed by atoms with Gasteiger partial charge >= 0.3 is 12.4 Å². The highest BCUT2D eigenvalue weighted by atomic mass is 19.4. The summed E-state index contributed by atoms with van der Waals surface area (Å²) in [6, 6.07) is 6.44. The molecule has 4 nitrogen and oxygen atoms in total. The monoisotopic (exact) mass is 519 g/mol. The Bertz CT molecular complexity index is 1080. The maximum Gasteiger partial charge on any atom is 0.416 e. The Morgan fingerprint density at radius 2 is 1.61 bits per heavy atom. The van der Waals surface area contributed by atoms with Crippen LogP contribution in [0.2, 0.25) is 0 Å². The zero-order valence-electron chi connectivity index (χ0n) is 19.1. The lowest BCUT2D eigenvalue weighted by Gasteiger charge is -2.39. The maximum atomic E-state index is 13.6. The number of ether oxygens (including phenoxy) is 1. The van der Waals surface area contributed by atoms with Crippen LogP contribution in [0.4, 0.5) is 30.7 Å². The lowest BCUT2D eigenvalue weighted by atomic mass is 9.69. The molecule has 0 aromatic heterocycles. The molecule has 1 saturated carbocycles. The molecule has 0 bridgehead atoms. The van der Waals surface area contributed by atoms with Crippen molar-refractivity contribution in [3.63, 3.8) is 0 Å². The number of nitrogens with one attached hydrogen (secondary N) is 1. The number of benzene rings is 2. The van der Waals surface area contributed by atoms with Gasteiger partial charge in [0.15, 0.2) is 0 Å². The van der Waals surface area contributed by atoms with E-state index in [-0.39, 0.29) is 18.1 Å². The molecule has 0 radical (unpaired) electrons. The molecule has 1 heterocycles. The molecule has 2 aromatic carbocycles. The van der Waals surface area contributed by atoms with Gasteiger partial charge < -0.3 is 15.2 Å². The zero-order chi connectivity index (χ0) is 26.5. The molecule has 2 aromatic rings. The lowest BCUT2D eigenvalue weighted by molar-refractivity contribution is -0.143. The van der Waals surface area contributed by atoms with Gasteiger partial charge in [-0.25, -0.2) is 4.39 Å². The molecule has 1 aliphatic heterocycles. The highest BCUT2D eigenvalue weighted by molar-refractivity contribution is 5.83. The zero-order valence-corrected chi connectivity index (χ0v) is 19.1. The van der Waals surface area contributed by atoms with E-state index in [1.807, 2.05) is 6.92 Å². The number of hydrogen-bond donors (Lipinski definition) is 2. The number of aliphatic hydroxyl groups excluding tert-OH is 1. The van der Waals surface area contributed by atoms with Gasteiger partial charge in [0, 0.05) is 18.4 Å². The van der Waals surface area contributed by atoms with Crippen LogP contribution in [0, 0.1) is 11.2 Å². The quantitative estimate of drug-likeness (QED) is 0.507. The number of aliphatic hydroxyl groups is 1. The van der Waals surface area contributed by atoms with E-state index < -0.39 is 71.4 Å². The third kappa shape index (κ3) is 5.22. The van der Waals surface area contributed by atoms with Gasteiger partial charge in [0.05, 0.1) is 23.8 Å². The van der Waals surface area contributed by atoms with Crippen molar-refractivity contribution in [2.75, 3.05) is 0 Å². The van der Waals surface area contributed by atoms with Crippen molar-refractivity contribution >= 4 is 5.91 Å². The summed E-state index contributed by atoms with van der Waals surface area (Å²) in [5.41, 5.74) is -3.15. The van der Waals surface area contributed by atoms with Crippen LogP contribution in [0.1, 0.15) is 54.4 Å². The summed E-state index contributed by atoms with van der Waals surface area (Å²) in [5.74, 6) is -1.47. The smallest absolute Gasteiger partial charge is 0.383 e. The molecular weight excluding hydrogens is 495 g/mol. The molecule has 1 saturated heterocycles. The molecule has 196 valence electrons. The fourth-order valence-corrected chi connectivity index (χ4v) is 5.43. The van der Waals surface area contributed by atoms with E-state index in [1.54, 1.807) is 12.1 Å². The molecule has 2 fully saturated rings. The second-order valence-electron chi connectivity index (χ2n) is 9.65. The predicted molar refractivity (Wildman–Crippen MR) is 114 cm³/mol. The number of hydrogen-bond acceptors (Lipinski definition) is 3. The largest absolute Gasteiger partial charge is 0.416 e. The van der Waals surface area contributed by atoms with Crippen molar-refractivity contribution < 1.29 is 45.4 Å². The molecule has 5 atom stereocenters. The summed E-state index contributed by atoms with van der Waals surface area (Å²) in [6.07, 6.45) is -10.7. The first kappa shape index (κ1) is 26.4. The average Bonchev–Trinajstić information content (AvgIpc) is 3.31. The maximum absolute atomic E-state index is 13.6. The number of alkyl halides is 6. The fraction of sp³-hybridized carbons (Fsp3) is 0.480. The van der Waals surface area contributed by atoms with Crippen LogP contribution in [0.3, 0.4) is 0 Å². The number of carbonyl (C=O) groups is 1. The minimum atomic E-state index is -4.97. The molecule has 1 aliphatic carbocycles. The molecular formula is C25H24F7NO3. The Kier molecular flexibility index (Phi) is 6.85. The predicted octanol–water partition coefficient (Wildman–Crippen LogP) is 5.58. The van der Waals surface area contributed by atoms with Crippen molar-refractivity contribution in [3.8, 4) is 0 Å². The first-order valence-electron chi connectivity index (χ1n) is 11.3. The Balaban J connectivity index is 1.64. The number of amides is 1. The van der Waals surface area contributed by atoms with Gasteiger partial charge in [-0.05, 0) is 59.7 Å². The molecule has 1 amide bonds. The van der Waals surface area contributed by atoms with Crippen LogP contribution in [-0.4, -0.2) is 29.3 Å². The van der Waals surface area contributed by atoms with Crippen LogP contribution in [0.25, 0.3) is 0 Å². The molecule has 0 spiro atoms. The van der Waals surface area contributed by atoms with E-state index in [9.17, 15) is 40.6 Å². The SMILES string of the molecule is C[C@@]1(C2C[C@@H](O)C(=O)N2)CC[C@H](OCc2cc(C(F)(F)F)cc(C(F)(F)F)c2)[C@H]1c1ccc(F)cc1. The molecule has 2 N–H and O–H groups in total. The van der Waals surface area contributed by atoms with Gasteiger partial charge in [0.1, 0.15) is 11.9 Å². The summed E-state index contributed by atoms with van der Waals surface area (Å²) in [5, 5.41) is 12.7. The number of rotatable bonds is 5. The number of halogens is 7. The van der Waals surface area contributed by atoms with Gasteiger partial charge in [-0.15, -0.1) is 0 Å². The second-order valence-corrected chi connectivity index (χ2v) is 9.65. The summed E-state index contributed by atoms with van der Waals surface area (Å²) >= 11 is 0. The Morgan fingerprint density at radius 1 is 1.03 bits per heavy atom. The summed E-state index contributed by atoms with van der Waals surface area (Å²) < 4.78 is 98.9. The standard InChI is InChI=1S/C25H24F7NO3/c1-23(20-11-18(34)22(35)33-20)7-6-19(21(23)14-2-4-17(26)5-3-14)36-12-13-8-15(24(27,28)29)10-16(9-13)25(30,31)32/h2-5,8-10,18-21,34H,6-7,11-12H2,1H3,(H,33,35)/t18-,19+,20?,21-,23+/m1/s1. The summed E-state index contributed by atoms with van der Waals surface area (Å²) in [7, 11) is 0. The van der Waals surface area contributed by atoms with Gasteiger partial charge in [-0.3, -0.25) is 4.79 Å². The molecule has 4 rings (SSSR count). The highest BCUT2D eigenvalue weighted by Gasteiger charge is 2.54. The number of carbonyl (C=O) groups excluding carboxylic acids is 1. The van der Waals surface area contributed by atoms with Crippen molar-refractivity contribution in [2.24, 2.45) is 5.41 Å². The second kappa shape index (κ2) is 9.33. The third-order valence-corrected chi connectivity index (χ3v) is 7.26. The van der Waals surface area contributed by atoms with E-state index in [2.05, 4.69) is 5.32 Å². The van der Waals surface area contributed by atoms with Crippen molar-refractivity contribution in [1.82, 2.24) is 5.32 Å². The minimum absolute atomic E-state index is 0.0611. The molecule has 2 aliphatic rings. The summed E-state index contributed by atoms with van der Waals surface area (Å²) in [4.78, 5) is 12.0. The molecule has 36 heavy (non-hydrogen) atoms. The van der Waals surface area contributed by atoms with Gasteiger partial charge in [-0.1, -0.05) is 19.1 Å². The third-order valence-electron chi connectivity index (χ3n) is 7.26. The normalized spacial score (nSPS) is 29.0. The average molecular weight is 519 g/mol. The van der Waals surface area contributed by atoms with E-state index in [0.29, 0.717) is 30.5 Å². The van der Waals surface area contributed by atoms with Crippen molar-refractivity contribution in [2.45, 2.75) is 69.3 Å². The molecule has 11 heteroatoms. The lowest BCUT2D eigenvalue weighted by Crippen LogP contribution is -2.44. The topological polar surface area (TPSA) is 58.6 Å². The van der Waals surface area contributed by atoms with Crippen LogP contribution in [0.15, 0.2) is 42.5 Å². The molecule has 1 unspecified atom stereocenters. The van der Waals surface area contributed by atoms with Gasteiger partial charge in [0.25, 0.3) is 0 Å². The van der Waals surface area contributed by atoms with Crippen LogP contribution in [-0.2, 0) is 28.5 Å². The first-order valence-corrected chi connectivity index (χ1v) is 11.3. The first-order chi connectivity index (χ1) is 16.7. The minimum Gasteiger partial charge on any atom is -0.383 e. The van der Waals surface area contributed by atoms with Gasteiger partial charge in [0.2, 0.25) is 5.91 Å². The van der Waals surface area contributed by atoms with E-state index in [4.69, 9.17) is 4.74 Å². The van der Waals surface area contributed by atoms with E-state index >= 15 is 0 Å². The summed E-state index contributed by atoms with van der Waals surface area (Å²) in [6.45, 7) is 1.37. The highest BCUT2D eigenvalue weighted by Crippen LogP contribution is 2.54. The van der Waals surface area contributed by atoms with Crippen molar-refractivity contribution in [3.05, 3.63) is 70.5 Å². The Labute approximate surface area is 202 Å².